The number of likely N-dealkylation sites (tertiary alicyclic amines) is 1. The van der Waals surface area contributed by atoms with E-state index in [1.54, 1.807) is 4.90 Å². The fourth-order valence-electron chi connectivity index (χ4n) is 3.84. The van der Waals surface area contributed by atoms with Gasteiger partial charge in [0.1, 0.15) is 5.82 Å². The number of rotatable bonds is 7. The van der Waals surface area contributed by atoms with Crippen LogP contribution in [0, 0.1) is 5.82 Å². The number of carbonyl (C=O) groups excluding carboxylic acids is 2. The van der Waals surface area contributed by atoms with Gasteiger partial charge in [-0.2, -0.15) is 0 Å². The third-order valence-electron chi connectivity index (χ3n) is 5.58. The first-order chi connectivity index (χ1) is 13.6. The second-order valence-corrected chi connectivity index (χ2v) is 7.58. The van der Waals surface area contributed by atoms with Crippen molar-refractivity contribution in [1.82, 2.24) is 20.0 Å². The Labute approximate surface area is 166 Å². The molecule has 1 N–H and O–H groups in total. The predicted molar refractivity (Wildman–Crippen MR) is 107 cm³/mol. The Morgan fingerprint density at radius 2 is 1.64 bits per heavy atom. The lowest BCUT2D eigenvalue weighted by atomic mass is 10.1. The van der Waals surface area contributed by atoms with E-state index in [0.717, 1.165) is 45.8 Å². The molecule has 0 saturated carbocycles. The minimum atomic E-state index is -0.356. The Bertz CT molecular complexity index is 640. The molecule has 2 amide bonds. The van der Waals surface area contributed by atoms with Gasteiger partial charge in [-0.25, -0.2) is 4.39 Å². The maximum absolute atomic E-state index is 13.2. The van der Waals surface area contributed by atoms with Crippen molar-refractivity contribution >= 4 is 11.8 Å². The molecule has 0 radical (unpaired) electrons. The summed E-state index contributed by atoms with van der Waals surface area (Å²) in [4.78, 5) is 31.5. The molecule has 0 atom stereocenters. The van der Waals surface area contributed by atoms with Gasteiger partial charge in [-0.05, 0) is 50.2 Å². The normalized spacial score (nSPS) is 18.1. The number of piperidine rings is 1. The zero-order chi connectivity index (χ0) is 19.8. The molecule has 1 aromatic rings. The van der Waals surface area contributed by atoms with Crippen LogP contribution in [-0.4, -0.2) is 85.4 Å². The van der Waals surface area contributed by atoms with Crippen molar-refractivity contribution in [3.8, 4) is 0 Å². The summed E-state index contributed by atoms with van der Waals surface area (Å²) in [7, 11) is 0. The smallest absolute Gasteiger partial charge is 0.253 e. The molecular weight excluding hydrogens is 359 g/mol. The predicted octanol–water partition coefficient (Wildman–Crippen LogP) is 1.58. The monoisotopic (exact) mass is 390 g/mol. The quantitative estimate of drug-likeness (QED) is 0.768. The molecule has 2 aliphatic heterocycles. The summed E-state index contributed by atoms with van der Waals surface area (Å²) in [5, 5.41) is 3.24. The standard InChI is InChI=1S/C21H31FN4O2/c22-19-6-4-18(5-7-19)21(28)26(17-16-24-11-2-1-3-12-24)13-8-20(27)25-14-9-23-10-15-25/h4-7,23H,1-3,8-17H2. The van der Waals surface area contributed by atoms with Gasteiger partial charge in [0, 0.05) is 57.8 Å². The van der Waals surface area contributed by atoms with Crippen molar-refractivity contribution in [2.75, 3.05) is 58.9 Å². The van der Waals surface area contributed by atoms with Gasteiger partial charge in [0.2, 0.25) is 5.91 Å². The third kappa shape index (κ3) is 6.01. The average molecular weight is 391 g/mol. The largest absolute Gasteiger partial charge is 0.340 e. The van der Waals surface area contributed by atoms with Gasteiger partial charge in [0.25, 0.3) is 5.91 Å². The van der Waals surface area contributed by atoms with Crippen molar-refractivity contribution in [2.45, 2.75) is 25.7 Å². The fraction of sp³-hybridized carbons (Fsp3) is 0.619. The highest BCUT2D eigenvalue weighted by molar-refractivity contribution is 5.94. The van der Waals surface area contributed by atoms with Crippen LogP contribution >= 0.6 is 0 Å². The number of nitrogens with zero attached hydrogens (tertiary/aromatic N) is 3. The van der Waals surface area contributed by atoms with Gasteiger partial charge in [-0.15, -0.1) is 0 Å². The Hall–Kier alpha value is -1.99. The zero-order valence-electron chi connectivity index (χ0n) is 16.5. The molecule has 2 heterocycles. The summed E-state index contributed by atoms with van der Waals surface area (Å²) < 4.78 is 13.2. The van der Waals surface area contributed by atoms with Crippen LogP contribution in [0.3, 0.4) is 0 Å². The van der Waals surface area contributed by atoms with E-state index in [4.69, 9.17) is 0 Å². The zero-order valence-corrected chi connectivity index (χ0v) is 16.5. The Balaban J connectivity index is 1.59. The van der Waals surface area contributed by atoms with Crippen molar-refractivity contribution in [3.05, 3.63) is 35.6 Å². The summed E-state index contributed by atoms with van der Waals surface area (Å²) >= 11 is 0. The van der Waals surface area contributed by atoms with Gasteiger partial charge in [0.05, 0.1) is 0 Å². The molecule has 7 heteroatoms. The van der Waals surface area contributed by atoms with E-state index in [9.17, 15) is 14.0 Å². The summed E-state index contributed by atoms with van der Waals surface area (Å²) in [5.74, 6) is -0.396. The Kier molecular flexibility index (Phi) is 7.80. The molecule has 0 spiro atoms. The van der Waals surface area contributed by atoms with Crippen LogP contribution in [0.5, 0.6) is 0 Å². The van der Waals surface area contributed by atoms with Gasteiger partial charge < -0.3 is 20.0 Å². The number of piperazine rings is 1. The van der Waals surface area contributed by atoms with E-state index in [2.05, 4.69) is 10.2 Å². The Morgan fingerprint density at radius 1 is 0.964 bits per heavy atom. The van der Waals surface area contributed by atoms with Crippen LogP contribution in [0.4, 0.5) is 4.39 Å². The number of benzene rings is 1. The molecule has 154 valence electrons. The third-order valence-corrected chi connectivity index (χ3v) is 5.58. The average Bonchev–Trinajstić information content (AvgIpc) is 2.75. The molecule has 0 unspecified atom stereocenters. The van der Waals surface area contributed by atoms with Crippen LogP contribution in [0.1, 0.15) is 36.0 Å². The summed E-state index contributed by atoms with van der Waals surface area (Å²) in [6.45, 7) is 7.01. The van der Waals surface area contributed by atoms with Crippen LogP contribution in [0.2, 0.25) is 0 Å². The van der Waals surface area contributed by atoms with Crippen molar-refractivity contribution in [3.63, 3.8) is 0 Å². The molecule has 0 aromatic heterocycles. The van der Waals surface area contributed by atoms with Crippen LogP contribution in [-0.2, 0) is 4.79 Å². The van der Waals surface area contributed by atoms with Crippen molar-refractivity contribution in [1.29, 1.82) is 0 Å². The molecule has 2 saturated heterocycles. The first-order valence-electron chi connectivity index (χ1n) is 10.4. The van der Waals surface area contributed by atoms with E-state index < -0.39 is 0 Å². The molecular formula is C21H31FN4O2. The molecule has 0 bridgehead atoms. The lowest BCUT2D eigenvalue weighted by Crippen LogP contribution is -2.47. The highest BCUT2D eigenvalue weighted by atomic mass is 19.1. The topological polar surface area (TPSA) is 55.9 Å². The number of amides is 2. The van der Waals surface area contributed by atoms with E-state index in [1.165, 1.54) is 43.5 Å². The van der Waals surface area contributed by atoms with Crippen LogP contribution in [0.25, 0.3) is 0 Å². The minimum Gasteiger partial charge on any atom is -0.340 e. The van der Waals surface area contributed by atoms with E-state index in [0.29, 0.717) is 25.1 Å². The van der Waals surface area contributed by atoms with Crippen molar-refractivity contribution < 1.29 is 14.0 Å². The number of hydrogen-bond acceptors (Lipinski definition) is 4. The number of carbonyl (C=O) groups is 2. The van der Waals surface area contributed by atoms with E-state index in [-0.39, 0.29) is 17.6 Å². The molecule has 3 rings (SSSR count). The number of hydrogen-bond donors (Lipinski definition) is 1. The highest BCUT2D eigenvalue weighted by Crippen LogP contribution is 2.11. The molecule has 28 heavy (non-hydrogen) atoms. The summed E-state index contributed by atoms with van der Waals surface area (Å²) in [6.07, 6.45) is 4.00. The molecule has 0 aliphatic carbocycles. The van der Waals surface area contributed by atoms with Gasteiger partial charge >= 0.3 is 0 Å². The van der Waals surface area contributed by atoms with Crippen LogP contribution in [0.15, 0.2) is 24.3 Å². The number of nitrogens with one attached hydrogen (secondary N) is 1. The minimum absolute atomic E-state index is 0.0939. The van der Waals surface area contributed by atoms with E-state index >= 15 is 0 Å². The molecule has 6 nitrogen and oxygen atoms in total. The van der Waals surface area contributed by atoms with Gasteiger partial charge in [0.15, 0.2) is 0 Å². The van der Waals surface area contributed by atoms with Gasteiger partial charge in [-0.1, -0.05) is 6.42 Å². The summed E-state index contributed by atoms with van der Waals surface area (Å²) in [5.41, 5.74) is 0.467. The SMILES string of the molecule is O=C(CCN(CCN1CCCCC1)C(=O)c1ccc(F)cc1)N1CCNCC1. The van der Waals surface area contributed by atoms with Crippen LogP contribution < -0.4 is 5.32 Å². The second kappa shape index (κ2) is 10.5. The highest BCUT2D eigenvalue weighted by Gasteiger charge is 2.21. The second-order valence-electron chi connectivity index (χ2n) is 7.58. The molecule has 2 fully saturated rings. The van der Waals surface area contributed by atoms with Crippen molar-refractivity contribution in [2.24, 2.45) is 0 Å². The first-order valence-corrected chi connectivity index (χ1v) is 10.4. The van der Waals surface area contributed by atoms with E-state index in [1.807, 2.05) is 4.90 Å². The Morgan fingerprint density at radius 3 is 2.32 bits per heavy atom. The molecule has 1 aromatic carbocycles. The lowest BCUT2D eigenvalue weighted by molar-refractivity contribution is -0.131. The maximum Gasteiger partial charge on any atom is 0.253 e. The first kappa shape index (κ1) is 20.7. The molecule has 2 aliphatic rings. The maximum atomic E-state index is 13.2. The number of halogens is 1. The lowest BCUT2D eigenvalue weighted by Gasteiger charge is -2.31. The summed E-state index contributed by atoms with van der Waals surface area (Å²) in [6, 6.07) is 5.65. The van der Waals surface area contributed by atoms with Gasteiger partial charge in [-0.3, -0.25) is 9.59 Å². The fourth-order valence-corrected chi connectivity index (χ4v) is 3.84.